The van der Waals surface area contributed by atoms with Crippen LogP contribution in [0.4, 0.5) is 0 Å². The molecule has 1 unspecified atom stereocenters. The molecule has 1 fully saturated rings. The average molecular weight is 268 g/mol. The highest BCUT2D eigenvalue weighted by Gasteiger charge is 2.17. The zero-order valence-electron chi connectivity index (χ0n) is 11.3. The Kier molecular flexibility index (Phi) is 4.90. The van der Waals surface area contributed by atoms with E-state index in [0.717, 1.165) is 36.7 Å². The Balaban J connectivity index is 2.21. The van der Waals surface area contributed by atoms with Crippen LogP contribution in [0, 0.1) is 5.92 Å². The van der Waals surface area contributed by atoms with E-state index in [1.807, 2.05) is 6.07 Å². The van der Waals surface area contributed by atoms with Gasteiger partial charge in [-0.3, -0.25) is 0 Å². The number of methoxy groups -OCH3 is 1. The lowest BCUT2D eigenvalue weighted by molar-refractivity contribution is 0.363. The SMILES string of the molecule is CCc1cc(Cl)cc(CC2CCCNC2)c1OC. The predicted octanol–water partition coefficient (Wildman–Crippen LogP) is 3.45. The highest BCUT2D eigenvalue weighted by Crippen LogP contribution is 2.31. The van der Waals surface area contributed by atoms with Crippen molar-refractivity contribution in [3.05, 3.63) is 28.3 Å². The Morgan fingerprint density at radius 1 is 1.39 bits per heavy atom. The van der Waals surface area contributed by atoms with E-state index >= 15 is 0 Å². The Morgan fingerprint density at radius 3 is 2.78 bits per heavy atom. The van der Waals surface area contributed by atoms with Crippen LogP contribution in [0.2, 0.25) is 5.02 Å². The molecule has 2 nitrogen and oxygen atoms in total. The molecule has 0 bridgehead atoms. The molecule has 2 rings (SSSR count). The highest BCUT2D eigenvalue weighted by atomic mass is 35.5. The fourth-order valence-electron chi connectivity index (χ4n) is 2.80. The predicted molar refractivity (Wildman–Crippen MR) is 76.7 cm³/mol. The maximum atomic E-state index is 6.20. The summed E-state index contributed by atoms with van der Waals surface area (Å²) in [6.45, 7) is 4.40. The molecule has 1 aliphatic heterocycles. The van der Waals surface area contributed by atoms with Crippen LogP contribution in [0.5, 0.6) is 5.75 Å². The molecule has 18 heavy (non-hydrogen) atoms. The van der Waals surface area contributed by atoms with E-state index in [1.54, 1.807) is 7.11 Å². The van der Waals surface area contributed by atoms with Crippen LogP contribution in [0.15, 0.2) is 12.1 Å². The summed E-state index contributed by atoms with van der Waals surface area (Å²) in [5, 5.41) is 4.29. The van der Waals surface area contributed by atoms with Crippen LogP contribution in [0.25, 0.3) is 0 Å². The highest BCUT2D eigenvalue weighted by molar-refractivity contribution is 6.30. The standard InChI is InChI=1S/C15H22ClNO/c1-3-12-8-14(16)9-13(15(12)18-2)7-11-5-4-6-17-10-11/h8-9,11,17H,3-7,10H2,1-2H3. The van der Waals surface area contributed by atoms with E-state index in [-0.39, 0.29) is 0 Å². The van der Waals surface area contributed by atoms with Gasteiger partial charge < -0.3 is 10.1 Å². The number of halogens is 1. The maximum Gasteiger partial charge on any atom is 0.125 e. The summed E-state index contributed by atoms with van der Waals surface area (Å²) in [5.41, 5.74) is 2.47. The molecule has 1 heterocycles. The number of hydrogen-bond donors (Lipinski definition) is 1. The molecule has 3 heteroatoms. The number of piperidine rings is 1. The van der Waals surface area contributed by atoms with Crippen LogP contribution >= 0.6 is 11.6 Å². The average Bonchev–Trinajstić information content (AvgIpc) is 2.39. The largest absolute Gasteiger partial charge is 0.496 e. The quantitative estimate of drug-likeness (QED) is 0.902. The molecular weight excluding hydrogens is 246 g/mol. The van der Waals surface area contributed by atoms with E-state index in [4.69, 9.17) is 16.3 Å². The lowest BCUT2D eigenvalue weighted by Crippen LogP contribution is -2.30. The van der Waals surface area contributed by atoms with Crippen LogP contribution in [0.1, 0.15) is 30.9 Å². The van der Waals surface area contributed by atoms with Crippen molar-refractivity contribution < 1.29 is 4.74 Å². The van der Waals surface area contributed by atoms with Gasteiger partial charge in [-0.15, -0.1) is 0 Å². The van der Waals surface area contributed by atoms with Gasteiger partial charge in [0.05, 0.1) is 7.11 Å². The second-order valence-corrected chi connectivity index (χ2v) is 5.46. The Bertz CT molecular complexity index is 400. The fraction of sp³-hybridized carbons (Fsp3) is 0.600. The molecule has 100 valence electrons. The maximum absolute atomic E-state index is 6.20. The topological polar surface area (TPSA) is 21.3 Å². The zero-order chi connectivity index (χ0) is 13.0. The number of aryl methyl sites for hydroxylation is 1. The molecule has 0 aromatic heterocycles. The number of rotatable bonds is 4. The van der Waals surface area contributed by atoms with Crippen molar-refractivity contribution in [2.75, 3.05) is 20.2 Å². The summed E-state index contributed by atoms with van der Waals surface area (Å²) in [7, 11) is 1.75. The molecule has 1 aliphatic rings. The Morgan fingerprint density at radius 2 is 2.17 bits per heavy atom. The van der Waals surface area contributed by atoms with E-state index in [1.165, 1.54) is 24.0 Å². The van der Waals surface area contributed by atoms with E-state index in [2.05, 4.69) is 18.3 Å². The minimum atomic E-state index is 0.704. The molecule has 0 aliphatic carbocycles. The third-order valence-corrected chi connectivity index (χ3v) is 3.92. The van der Waals surface area contributed by atoms with Crippen LogP contribution < -0.4 is 10.1 Å². The minimum absolute atomic E-state index is 0.704. The molecule has 1 aromatic rings. The molecule has 1 atom stereocenters. The van der Waals surface area contributed by atoms with Crippen LogP contribution in [-0.2, 0) is 12.8 Å². The van der Waals surface area contributed by atoms with E-state index in [0.29, 0.717) is 5.92 Å². The number of hydrogen-bond acceptors (Lipinski definition) is 2. The normalized spacial score (nSPS) is 19.8. The molecule has 1 aromatic carbocycles. The second-order valence-electron chi connectivity index (χ2n) is 5.03. The lowest BCUT2D eigenvalue weighted by Gasteiger charge is -2.24. The molecule has 0 radical (unpaired) electrons. The summed E-state index contributed by atoms with van der Waals surface area (Å²) >= 11 is 6.20. The minimum Gasteiger partial charge on any atom is -0.496 e. The molecule has 0 saturated carbocycles. The first kappa shape index (κ1) is 13.7. The van der Waals surface area contributed by atoms with Gasteiger partial charge in [-0.1, -0.05) is 18.5 Å². The van der Waals surface area contributed by atoms with Gasteiger partial charge in [0, 0.05) is 5.02 Å². The van der Waals surface area contributed by atoms with Gasteiger partial charge in [-0.05, 0) is 68.0 Å². The van der Waals surface area contributed by atoms with Gasteiger partial charge in [0.1, 0.15) is 5.75 Å². The molecular formula is C15H22ClNO. The zero-order valence-corrected chi connectivity index (χ0v) is 12.0. The Labute approximate surface area is 115 Å². The van der Waals surface area contributed by atoms with Crippen molar-refractivity contribution in [1.82, 2.24) is 5.32 Å². The first-order chi connectivity index (χ1) is 8.74. The van der Waals surface area contributed by atoms with Crippen molar-refractivity contribution >= 4 is 11.6 Å². The molecule has 0 spiro atoms. The lowest BCUT2D eigenvalue weighted by atomic mass is 9.91. The van der Waals surface area contributed by atoms with E-state index < -0.39 is 0 Å². The number of ether oxygens (including phenoxy) is 1. The molecule has 1 saturated heterocycles. The van der Waals surface area contributed by atoms with Crippen molar-refractivity contribution in [2.24, 2.45) is 5.92 Å². The van der Waals surface area contributed by atoms with Crippen LogP contribution in [0.3, 0.4) is 0 Å². The Hall–Kier alpha value is -0.730. The smallest absolute Gasteiger partial charge is 0.125 e. The van der Waals surface area contributed by atoms with Crippen LogP contribution in [-0.4, -0.2) is 20.2 Å². The summed E-state index contributed by atoms with van der Waals surface area (Å²) in [5.74, 6) is 1.74. The third-order valence-electron chi connectivity index (χ3n) is 3.70. The first-order valence-corrected chi connectivity index (χ1v) is 7.18. The van der Waals surface area contributed by atoms with Crippen molar-refractivity contribution in [3.8, 4) is 5.75 Å². The van der Waals surface area contributed by atoms with Gasteiger partial charge in [-0.25, -0.2) is 0 Å². The van der Waals surface area contributed by atoms with Gasteiger partial charge in [0.15, 0.2) is 0 Å². The fourth-order valence-corrected chi connectivity index (χ4v) is 3.06. The van der Waals surface area contributed by atoms with E-state index in [9.17, 15) is 0 Å². The summed E-state index contributed by atoms with van der Waals surface area (Å²) in [4.78, 5) is 0. The summed E-state index contributed by atoms with van der Waals surface area (Å²) in [6, 6.07) is 4.08. The monoisotopic (exact) mass is 267 g/mol. The number of nitrogens with one attached hydrogen (secondary N) is 1. The van der Waals surface area contributed by atoms with Crippen molar-refractivity contribution in [2.45, 2.75) is 32.6 Å². The first-order valence-electron chi connectivity index (χ1n) is 6.80. The van der Waals surface area contributed by atoms with Gasteiger partial charge in [0.25, 0.3) is 0 Å². The number of benzene rings is 1. The van der Waals surface area contributed by atoms with Crippen molar-refractivity contribution in [1.29, 1.82) is 0 Å². The summed E-state index contributed by atoms with van der Waals surface area (Å²) in [6.07, 6.45) is 4.59. The molecule has 1 N–H and O–H groups in total. The van der Waals surface area contributed by atoms with Gasteiger partial charge in [0.2, 0.25) is 0 Å². The van der Waals surface area contributed by atoms with Gasteiger partial charge in [-0.2, -0.15) is 0 Å². The van der Waals surface area contributed by atoms with Crippen molar-refractivity contribution in [3.63, 3.8) is 0 Å². The second kappa shape index (κ2) is 6.44. The van der Waals surface area contributed by atoms with Gasteiger partial charge >= 0.3 is 0 Å². The molecule has 0 amide bonds. The third kappa shape index (κ3) is 3.18. The summed E-state index contributed by atoms with van der Waals surface area (Å²) < 4.78 is 5.58.